The fraction of sp³-hybridized carbons (Fsp3) is 0.667. The van der Waals surface area contributed by atoms with Crippen LogP contribution in [0.3, 0.4) is 0 Å². The third-order valence-electron chi connectivity index (χ3n) is 1.88. The Bertz CT molecular complexity index is 217. The highest BCUT2D eigenvalue weighted by Crippen LogP contribution is 1.98. The molecule has 1 aromatic rings. The van der Waals surface area contributed by atoms with Crippen LogP contribution in [0.5, 0.6) is 0 Å². The van der Waals surface area contributed by atoms with E-state index in [-0.39, 0.29) is 0 Å². The summed E-state index contributed by atoms with van der Waals surface area (Å²) >= 11 is 0. The summed E-state index contributed by atoms with van der Waals surface area (Å²) in [5.41, 5.74) is 1.20. The quantitative estimate of drug-likeness (QED) is 0.664. The van der Waals surface area contributed by atoms with Gasteiger partial charge in [0.2, 0.25) is 0 Å². The van der Waals surface area contributed by atoms with E-state index in [2.05, 4.69) is 23.4 Å². The van der Waals surface area contributed by atoms with Crippen molar-refractivity contribution in [1.82, 2.24) is 15.1 Å². The number of aromatic nitrogens is 2. The van der Waals surface area contributed by atoms with Gasteiger partial charge in [-0.05, 0) is 39.4 Å². The second-order valence-electron chi connectivity index (χ2n) is 2.87. The Balaban J connectivity index is 2.31. The summed E-state index contributed by atoms with van der Waals surface area (Å²) in [4.78, 5) is 0. The van der Waals surface area contributed by atoms with Crippen LogP contribution < -0.4 is 5.32 Å². The normalized spacial score (nSPS) is 10.5. The smallest absolute Gasteiger partial charge is 0.0625 e. The van der Waals surface area contributed by atoms with E-state index in [1.54, 1.807) is 0 Å². The molecule has 0 radical (unpaired) electrons. The van der Waals surface area contributed by atoms with Gasteiger partial charge in [0.05, 0.1) is 5.69 Å². The zero-order valence-electron chi connectivity index (χ0n) is 7.88. The summed E-state index contributed by atoms with van der Waals surface area (Å²) in [6, 6.07) is 2.10. The molecule has 0 fully saturated rings. The third kappa shape index (κ3) is 2.66. The van der Waals surface area contributed by atoms with Gasteiger partial charge in [-0.2, -0.15) is 5.10 Å². The first-order chi connectivity index (χ1) is 5.86. The highest BCUT2D eigenvalue weighted by atomic mass is 15.3. The summed E-state index contributed by atoms with van der Waals surface area (Å²) in [6.45, 7) is 4.13. The number of nitrogens with one attached hydrogen (secondary N) is 1. The Morgan fingerprint density at radius 3 is 3.00 bits per heavy atom. The first-order valence-electron chi connectivity index (χ1n) is 4.53. The number of hydrogen-bond donors (Lipinski definition) is 1. The van der Waals surface area contributed by atoms with E-state index in [4.69, 9.17) is 0 Å². The Kier molecular flexibility index (Phi) is 3.80. The zero-order valence-corrected chi connectivity index (χ0v) is 7.88. The highest BCUT2D eigenvalue weighted by molar-refractivity contribution is 4.98. The number of rotatable bonds is 5. The van der Waals surface area contributed by atoms with Crippen LogP contribution in [0, 0.1) is 0 Å². The van der Waals surface area contributed by atoms with Crippen LogP contribution in [0.25, 0.3) is 0 Å². The first-order valence-corrected chi connectivity index (χ1v) is 4.53. The maximum Gasteiger partial charge on any atom is 0.0625 e. The van der Waals surface area contributed by atoms with Crippen molar-refractivity contribution in [2.45, 2.75) is 26.3 Å². The van der Waals surface area contributed by atoms with Crippen LogP contribution in [0.1, 0.15) is 19.0 Å². The van der Waals surface area contributed by atoms with Gasteiger partial charge in [-0.3, -0.25) is 4.68 Å². The van der Waals surface area contributed by atoms with Crippen molar-refractivity contribution >= 4 is 0 Å². The fourth-order valence-electron chi connectivity index (χ4n) is 1.16. The van der Waals surface area contributed by atoms with Crippen molar-refractivity contribution in [2.75, 3.05) is 13.6 Å². The molecular formula is C9H17N3. The summed E-state index contributed by atoms with van der Waals surface area (Å²) in [7, 11) is 1.98. The molecule has 0 saturated heterocycles. The standard InChI is InChI=1S/C9H17N3/c1-3-12-8-6-9(11-12)5-4-7-10-2/h6,8,10H,3-5,7H2,1-2H3. The largest absolute Gasteiger partial charge is 0.320 e. The SMILES string of the molecule is CCn1ccc(CCCNC)n1. The van der Waals surface area contributed by atoms with E-state index in [0.29, 0.717) is 0 Å². The fourth-order valence-corrected chi connectivity index (χ4v) is 1.16. The van der Waals surface area contributed by atoms with Gasteiger partial charge in [-0.25, -0.2) is 0 Å². The van der Waals surface area contributed by atoms with Gasteiger partial charge < -0.3 is 5.32 Å². The van der Waals surface area contributed by atoms with E-state index in [0.717, 1.165) is 25.9 Å². The molecule has 0 spiro atoms. The number of nitrogens with zero attached hydrogens (tertiary/aromatic N) is 2. The first kappa shape index (κ1) is 9.26. The minimum atomic E-state index is 0.964. The second kappa shape index (κ2) is 4.93. The topological polar surface area (TPSA) is 29.9 Å². The molecular weight excluding hydrogens is 150 g/mol. The third-order valence-corrected chi connectivity index (χ3v) is 1.88. The molecule has 12 heavy (non-hydrogen) atoms. The monoisotopic (exact) mass is 167 g/mol. The average molecular weight is 167 g/mol. The zero-order chi connectivity index (χ0) is 8.81. The molecule has 68 valence electrons. The van der Waals surface area contributed by atoms with E-state index in [1.807, 2.05) is 17.9 Å². The Hall–Kier alpha value is -0.830. The van der Waals surface area contributed by atoms with Crippen molar-refractivity contribution in [3.63, 3.8) is 0 Å². The molecule has 0 aromatic carbocycles. The van der Waals surface area contributed by atoms with Crippen molar-refractivity contribution in [1.29, 1.82) is 0 Å². The molecule has 0 atom stereocenters. The van der Waals surface area contributed by atoms with Crippen LogP contribution in [-0.2, 0) is 13.0 Å². The van der Waals surface area contributed by atoms with E-state index in [1.165, 1.54) is 5.69 Å². The summed E-state index contributed by atoms with van der Waals surface area (Å²) in [5.74, 6) is 0. The van der Waals surface area contributed by atoms with Crippen LogP contribution >= 0.6 is 0 Å². The molecule has 0 amide bonds. The molecule has 0 bridgehead atoms. The van der Waals surface area contributed by atoms with Crippen molar-refractivity contribution in [2.24, 2.45) is 0 Å². The molecule has 3 heteroatoms. The average Bonchev–Trinajstić information content (AvgIpc) is 2.53. The minimum absolute atomic E-state index is 0.964. The summed E-state index contributed by atoms with van der Waals surface area (Å²) in [5, 5.41) is 7.51. The van der Waals surface area contributed by atoms with Gasteiger partial charge in [0, 0.05) is 12.7 Å². The molecule has 0 aliphatic rings. The molecule has 1 heterocycles. The lowest BCUT2D eigenvalue weighted by Crippen LogP contribution is -2.08. The lowest BCUT2D eigenvalue weighted by atomic mass is 10.2. The molecule has 3 nitrogen and oxygen atoms in total. The predicted octanol–water partition coefficient (Wildman–Crippen LogP) is 1.05. The van der Waals surface area contributed by atoms with E-state index in [9.17, 15) is 0 Å². The molecule has 0 saturated carbocycles. The van der Waals surface area contributed by atoms with Crippen LogP contribution in [0.2, 0.25) is 0 Å². The van der Waals surface area contributed by atoms with Crippen LogP contribution in [0.4, 0.5) is 0 Å². The summed E-state index contributed by atoms with van der Waals surface area (Å²) in [6.07, 6.45) is 4.28. The molecule has 0 aliphatic heterocycles. The lowest BCUT2D eigenvalue weighted by molar-refractivity contribution is 0.635. The Morgan fingerprint density at radius 1 is 1.58 bits per heavy atom. The predicted molar refractivity (Wildman–Crippen MR) is 50.1 cm³/mol. The molecule has 1 N–H and O–H groups in total. The minimum Gasteiger partial charge on any atom is -0.320 e. The van der Waals surface area contributed by atoms with Crippen LogP contribution in [-0.4, -0.2) is 23.4 Å². The van der Waals surface area contributed by atoms with Gasteiger partial charge >= 0.3 is 0 Å². The molecule has 0 aliphatic carbocycles. The maximum absolute atomic E-state index is 4.39. The highest BCUT2D eigenvalue weighted by Gasteiger charge is 1.96. The number of aryl methyl sites for hydroxylation is 2. The Morgan fingerprint density at radius 2 is 2.42 bits per heavy atom. The van der Waals surface area contributed by atoms with Gasteiger partial charge in [0.1, 0.15) is 0 Å². The molecule has 1 aromatic heterocycles. The molecule has 0 unspecified atom stereocenters. The van der Waals surface area contributed by atoms with E-state index < -0.39 is 0 Å². The maximum atomic E-state index is 4.39. The van der Waals surface area contributed by atoms with Crippen molar-refractivity contribution < 1.29 is 0 Å². The van der Waals surface area contributed by atoms with Crippen LogP contribution in [0.15, 0.2) is 12.3 Å². The van der Waals surface area contributed by atoms with E-state index >= 15 is 0 Å². The van der Waals surface area contributed by atoms with Crippen molar-refractivity contribution in [3.8, 4) is 0 Å². The number of hydrogen-bond acceptors (Lipinski definition) is 2. The lowest BCUT2D eigenvalue weighted by Gasteiger charge is -1.96. The molecule has 1 rings (SSSR count). The van der Waals surface area contributed by atoms with Gasteiger partial charge in [0.15, 0.2) is 0 Å². The Labute approximate surface area is 73.8 Å². The summed E-state index contributed by atoms with van der Waals surface area (Å²) < 4.78 is 1.97. The van der Waals surface area contributed by atoms with Crippen molar-refractivity contribution in [3.05, 3.63) is 18.0 Å². The van der Waals surface area contributed by atoms with Gasteiger partial charge in [-0.1, -0.05) is 0 Å². The van der Waals surface area contributed by atoms with Gasteiger partial charge in [-0.15, -0.1) is 0 Å². The second-order valence-corrected chi connectivity index (χ2v) is 2.87. The van der Waals surface area contributed by atoms with Gasteiger partial charge in [0.25, 0.3) is 0 Å².